The van der Waals surface area contributed by atoms with Crippen LogP contribution in [0.15, 0.2) is 18.2 Å². The topological polar surface area (TPSA) is 43.9 Å². The van der Waals surface area contributed by atoms with Gasteiger partial charge in [0.05, 0.1) is 17.8 Å². The molecule has 1 aliphatic heterocycles. The standard InChI is InChI=1S/C18H26FN3O2/c1-4-21(5-2)17(24)13-20-9-11-22(12-10-20)16-8-6-7-15(19)18(16)14(3)23/h6-8H,4-5,9-13H2,1-3H3. The summed E-state index contributed by atoms with van der Waals surface area (Å²) in [6.45, 7) is 10.0. The van der Waals surface area contributed by atoms with Crippen LogP contribution in [0.2, 0.25) is 0 Å². The number of piperazine rings is 1. The van der Waals surface area contributed by atoms with Crippen molar-refractivity contribution in [2.75, 3.05) is 50.7 Å². The van der Waals surface area contributed by atoms with Crippen molar-refractivity contribution in [3.8, 4) is 0 Å². The number of Topliss-reactive ketones (excluding diaryl/α,β-unsaturated/α-hetero) is 1. The first kappa shape index (κ1) is 18.4. The maximum Gasteiger partial charge on any atom is 0.236 e. The zero-order valence-electron chi connectivity index (χ0n) is 14.7. The Hall–Kier alpha value is -1.95. The van der Waals surface area contributed by atoms with E-state index in [1.165, 1.54) is 13.0 Å². The van der Waals surface area contributed by atoms with Crippen LogP contribution in [0.4, 0.5) is 10.1 Å². The number of halogens is 1. The lowest BCUT2D eigenvalue weighted by Crippen LogP contribution is -2.50. The van der Waals surface area contributed by atoms with Gasteiger partial charge in [-0.25, -0.2) is 4.39 Å². The molecule has 0 atom stereocenters. The van der Waals surface area contributed by atoms with E-state index >= 15 is 0 Å². The molecule has 1 aromatic rings. The first-order valence-corrected chi connectivity index (χ1v) is 8.52. The first-order valence-electron chi connectivity index (χ1n) is 8.52. The fourth-order valence-electron chi connectivity index (χ4n) is 3.14. The van der Waals surface area contributed by atoms with Crippen LogP contribution in [0.5, 0.6) is 0 Å². The Morgan fingerprint density at radius 3 is 2.29 bits per heavy atom. The number of rotatable bonds is 6. The predicted molar refractivity (Wildman–Crippen MR) is 93.0 cm³/mol. The quantitative estimate of drug-likeness (QED) is 0.746. The lowest BCUT2D eigenvalue weighted by molar-refractivity contribution is -0.132. The van der Waals surface area contributed by atoms with E-state index in [-0.39, 0.29) is 17.3 Å². The SMILES string of the molecule is CCN(CC)C(=O)CN1CCN(c2cccc(F)c2C(C)=O)CC1. The molecule has 0 N–H and O–H groups in total. The Labute approximate surface area is 143 Å². The van der Waals surface area contributed by atoms with Crippen molar-refractivity contribution in [2.24, 2.45) is 0 Å². The largest absolute Gasteiger partial charge is 0.368 e. The average molecular weight is 335 g/mol. The molecule has 1 aliphatic rings. The van der Waals surface area contributed by atoms with Crippen LogP contribution in [-0.4, -0.2) is 67.3 Å². The van der Waals surface area contributed by atoms with E-state index in [1.807, 2.05) is 23.6 Å². The van der Waals surface area contributed by atoms with Crippen LogP contribution >= 0.6 is 0 Å². The lowest BCUT2D eigenvalue weighted by atomic mass is 10.1. The second-order valence-corrected chi connectivity index (χ2v) is 6.02. The van der Waals surface area contributed by atoms with E-state index in [9.17, 15) is 14.0 Å². The van der Waals surface area contributed by atoms with Crippen molar-refractivity contribution in [3.63, 3.8) is 0 Å². The Balaban J connectivity index is 2.00. The van der Waals surface area contributed by atoms with Crippen LogP contribution in [-0.2, 0) is 4.79 Å². The maximum absolute atomic E-state index is 14.0. The molecular weight excluding hydrogens is 309 g/mol. The van der Waals surface area contributed by atoms with Crippen molar-refractivity contribution in [3.05, 3.63) is 29.6 Å². The number of carbonyl (C=O) groups is 2. The fraction of sp³-hybridized carbons (Fsp3) is 0.556. The van der Waals surface area contributed by atoms with Gasteiger partial charge in [-0.2, -0.15) is 0 Å². The molecule has 0 saturated carbocycles. The van der Waals surface area contributed by atoms with E-state index in [0.29, 0.717) is 25.3 Å². The summed E-state index contributed by atoms with van der Waals surface area (Å²) >= 11 is 0. The van der Waals surface area contributed by atoms with Gasteiger partial charge in [0.25, 0.3) is 0 Å². The number of hydrogen-bond acceptors (Lipinski definition) is 4. The highest BCUT2D eigenvalue weighted by molar-refractivity contribution is 6.00. The molecule has 2 rings (SSSR count). The normalized spacial score (nSPS) is 15.4. The summed E-state index contributed by atoms with van der Waals surface area (Å²) in [4.78, 5) is 29.9. The van der Waals surface area contributed by atoms with Crippen LogP contribution in [0.1, 0.15) is 31.1 Å². The molecule has 0 aliphatic carbocycles. The predicted octanol–water partition coefficient (Wildman–Crippen LogP) is 2.02. The first-order chi connectivity index (χ1) is 11.5. The second-order valence-electron chi connectivity index (χ2n) is 6.02. The molecule has 1 aromatic carbocycles. The van der Waals surface area contributed by atoms with Gasteiger partial charge in [0.2, 0.25) is 5.91 Å². The Bertz CT molecular complexity index is 594. The smallest absolute Gasteiger partial charge is 0.236 e. The second kappa shape index (κ2) is 8.24. The molecule has 0 aromatic heterocycles. The van der Waals surface area contributed by atoms with Gasteiger partial charge in [0.15, 0.2) is 5.78 Å². The van der Waals surface area contributed by atoms with E-state index in [1.54, 1.807) is 12.1 Å². The molecular formula is C18H26FN3O2. The number of ketones is 1. The highest BCUT2D eigenvalue weighted by atomic mass is 19.1. The molecule has 1 heterocycles. The molecule has 132 valence electrons. The molecule has 1 saturated heterocycles. The van der Waals surface area contributed by atoms with Crippen molar-refractivity contribution < 1.29 is 14.0 Å². The molecule has 0 unspecified atom stereocenters. The molecule has 24 heavy (non-hydrogen) atoms. The summed E-state index contributed by atoms with van der Waals surface area (Å²) in [5.41, 5.74) is 0.808. The Kier molecular flexibility index (Phi) is 6.31. The third-order valence-corrected chi connectivity index (χ3v) is 4.53. The summed E-state index contributed by atoms with van der Waals surface area (Å²) in [7, 11) is 0. The monoisotopic (exact) mass is 335 g/mol. The molecule has 0 spiro atoms. The van der Waals surface area contributed by atoms with Crippen LogP contribution in [0.3, 0.4) is 0 Å². The number of hydrogen-bond donors (Lipinski definition) is 0. The van der Waals surface area contributed by atoms with Gasteiger partial charge in [-0.15, -0.1) is 0 Å². The van der Waals surface area contributed by atoms with E-state index in [2.05, 4.69) is 4.90 Å². The zero-order chi connectivity index (χ0) is 17.7. The van der Waals surface area contributed by atoms with Crippen molar-refractivity contribution in [1.29, 1.82) is 0 Å². The van der Waals surface area contributed by atoms with Crippen molar-refractivity contribution in [1.82, 2.24) is 9.80 Å². The van der Waals surface area contributed by atoms with E-state index in [4.69, 9.17) is 0 Å². The molecule has 0 bridgehead atoms. The summed E-state index contributed by atoms with van der Waals surface area (Å²) < 4.78 is 14.0. The number of nitrogens with zero attached hydrogens (tertiary/aromatic N) is 3. The molecule has 0 radical (unpaired) electrons. The molecule has 1 amide bonds. The molecule has 5 nitrogen and oxygen atoms in total. The summed E-state index contributed by atoms with van der Waals surface area (Å²) in [5, 5.41) is 0. The van der Waals surface area contributed by atoms with E-state index in [0.717, 1.165) is 26.2 Å². The average Bonchev–Trinajstić information content (AvgIpc) is 2.56. The van der Waals surface area contributed by atoms with Gasteiger partial charge in [-0.3, -0.25) is 14.5 Å². The lowest BCUT2D eigenvalue weighted by Gasteiger charge is -2.37. The van der Waals surface area contributed by atoms with Gasteiger partial charge in [0, 0.05) is 39.3 Å². The summed E-state index contributed by atoms with van der Waals surface area (Å²) in [6, 6.07) is 4.74. The van der Waals surface area contributed by atoms with Crippen LogP contribution < -0.4 is 4.90 Å². The maximum atomic E-state index is 14.0. The Morgan fingerprint density at radius 1 is 1.12 bits per heavy atom. The summed E-state index contributed by atoms with van der Waals surface area (Å²) in [6.07, 6.45) is 0. The number of carbonyl (C=O) groups excluding carboxylic acids is 2. The van der Waals surface area contributed by atoms with Crippen LogP contribution in [0, 0.1) is 5.82 Å². The minimum absolute atomic E-state index is 0.142. The number of likely N-dealkylation sites (N-methyl/N-ethyl adjacent to an activating group) is 1. The fourth-order valence-corrected chi connectivity index (χ4v) is 3.14. The third kappa shape index (κ3) is 4.12. The summed E-state index contributed by atoms with van der Waals surface area (Å²) in [5.74, 6) is -0.593. The zero-order valence-corrected chi connectivity index (χ0v) is 14.7. The van der Waals surface area contributed by atoms with Crippen LogP contribution in [0.25, 0.3) is 0 Å². The Morgan fingerprint density at radius 2 is 1.75 bits per heavy atom. The van der Waals surface area contributed by atoms with Gasteiger partial charge in [-0.1, -0.05) is 6.07 Å². The molecule has 1 fully saturated rings. The number of anilines is 1. The van der Waals surface area contributed by atoms with Crippen molar-refractivity contribution >= 4 is 17.4 Å². The van der Waals surface area contributed by atoms with Gasteiger partial charge < -0.3 is 9.80 Å². The van der Waals surface area contributed by atoms with E-state index < -0.39 is 5.82 Å². The van der Waals surface area contributed by atoms with Gasteiger partial charge in [-0.05, 0) is 32.9 Å². The minimum Gasteiger partial charge on any atom is -0.368 e. The molecule has 6 heteroatoms. The third-order valence-electron chi connectivity index (χ3n) is 4.53. The van der Waals surface area contributed by atoms with Crippen molar-refractivity contribution in [2.45, 2.75) is 20.8 Å². The van der Waals surface area contributed by atoms with Gasteiger partial charge >= 0.3 is 0 Å². The highest BCUT2D eigenvalue weighted by Crippen LogP contribution is 2.25. The minimum atomic E-state index is -0.473. The highest BCUT2D eigenvalue weighted by Gasteiger charge is 2.24. The number of benzene rings is 1. The number of amides is 1. The van der Waals surface area contributed by atoms with Gasteiger partial charge in [0.1, 0.15) is 5.82 Å².